The minimum atomic E-state index is -4.38. The highest BCUT2D eigenvalue weighted by Crippen LogP contribution is 2.26. The molecular formula is C28H32ClF3N6O. The molecule has 1 aliphatic heterocycles. The molecule has 0 bridgehead atoms. The Balaban J connectivity index is 1.41. The van der Waals surface area contributed by atoms with Crippen molar-refractivity contribution in [3.8, 4) is 11.8 Å². The van der Waals surface area contributed by atoms with Crippen LogP contribution in [0.25, 0.3) is 10.9 Å². The highest BCUT2D eigenvalue weighted by atomic mass is 35.5. The van der Waals surface area contributed by atoms with Crippen molar-refractivity contribution in [1.29, 1.82) is 0 Å². The molecule has 1 amide bonds. The summed E-state index contributed by atoms with van der Waals surface area (Å²) in [6, 6.07) is 10.9. The van der Waals surface area contributed by atoms with Crippen LogP contribution in [-0.2, 0) is 17.9 Å². The van der Waals surface area contributed by atoms with E-state index in [1.54, 1.807) is 30.5 Å². The fourth-order valence-electron chi connectivity index (χ4n) is 4.61. The lowest BCUT2D eigenvalue weighted by molar-refractivity contribution is -0.140. The monoisotopic (exact) mass is 560 g/mol. The maximum Gasteiger partial charge on any atom is 0.406 e. The first-order valence-corrected chi connectivity index (χ1v) is 13.1. The van der Waals surface area contributed by atoms with Crippen LogP contribution >= 0.6 is 11.6 Å². The van der Waals surface area contributed by atoms with Gasteiger partial charge in [0.15, 0.2) is 0 Å². The predicted molar refractivity (Wildman–Crippen MR) is 148 cm³/mol. The third kappa shape index (κ3) is 8.36. The minimum Gasteiger partial charge on any atom is -0.373 e. The van der Waals surface area contributed by atoms with Crippen LogP contribution in [0.3, 0.4) is 0 Å². The summed E-state index contributed by atoms with van der Waals surface area (Å²) in [7, 11) is 3.77. The van der Waals surface area contributed by atoms with Crippen LogP contribution in [0.15, 0.2) is 42.6 Å². The molecule has 3 heterocycles. The van der Waals surface area contributed by atoms with Gasteiger partial charge in [0.2, 0.25) is 5.91 Å². The Kier molecular flexibility index (Phi) is 9.38. The number of halogens is 4. The number of carbonyl (C=O) groups excluding carboxylic acids is 1. The summed E-state index contributed by atoms with van der Waals surface area (Å²) in [5.41, 5.74) is 2.49. The van der Waals surface area contributed by atoms with Gasteiger partial charge in [-0.3, -0.25) is 4.79 Å². The van der Waals surface area contributed by atoms with E-state index in [-0.39, 0.29) is 18.5 Å². The van der Waals surface area contributed by atoms with E-state index in [0.717, 1.165) is 31.5 Å². The van der Waals surface area contributed by atoms with Gasteiger partial charge in [-0.05, 0) is 68.8 Å². The van der Waals surface area contributed by atoms with Crippen molar-refractivity contribution in [2.75, 3.05) is 45.6 Å². The number of benzene rings is 1. The highest BCUT2D eigenvalue weighted by Gasteiger charge is 2.29. The van der Waals surface area contributed by atoms with Crippen molar-refractivity contribution < 1.29 is 18.0 Å². The van der Waals surface area contributed by atoms with E-state index in [1.165, 1.54) is 4.57 Å². The molecule has 1 fully saturated rings. The number of pyridine rings is 1. The largest absolute Gasteiger partial charge is 0.406 e. The first-order valence-electron chi connectivity index (χ1n) is 12.8. The molecule has 2 N–H and O–H groups in total. The molecule has 3 aromatic rings. The second-order valence-corrected chi connectivity index (χ2v) is 10.3. The number of nitrogens with zero attached hydrogens (tertiary/aromatic N) is 4. The standard InChI is InChI=1S/C28H32ClF3N6O/c1-36(2)18-27(39)37-12-9-22(10-13-37)34-16-20-5-7-25-21(14-20)15-24(38(25)19-28(30,31)32)4-3-11-33-23-6-8-26(29)35-17-23/h5-8,14-15,17,22,33-34H,9-13,16,18-19H2,1-2H3. The van der Waals surface area contributed by atoms with Crippen molar-refractivity contribution in [1.82, 2.24) is 24.7 Å². The van der Waals surface area contributed by atoms with Gasteiger partial charge in [0.05, 0.1) is 30.7 Å². The maximum absolute atomic E-state index is 13.4. The van der Waals surface area contributed by atoms with Gasteiger partial charge in [0, 0.05) is 36.6 Å². The van der Waals surface area contributed by atoms with Gasteiger partial charge < -0.3 is 25.0 Å². The van der Waals surface area contributed by atoms with E-state index in [9.17, 15) is 18.0 Å². The van der Waals surface area contributed by atoms with Crippen LogP contribution in [0.1, 0.15) is 24.1 Å². The van der Waals surface area contributed by atoms with Crippen molar-refractivity contribution in [2.45, 2.75) is 38.1 Å². The van der Waals surface area contributed by atoms with Gasteiger partial charge in [-0.25, -0.2) is 4.98 Å². The average molecular weight is 561 g/mol. The van der Waals surface area contributed by atoms with Crippen LogP contribution in [-0.4, -0.2) is 77.8 Å². The second kappa shape index (κ2) is 12.7. The molecule has 7 nitrogen and oxygen atoms in total. The number of anilines is 1. The van der Waals surface area contributed by atoms with Gasteiger partial charge in [0.1, 0.15) is 11.7 Å². The third-order valence-corrected chi connectivity index (χ3v) is 6.75. The summed E-state index contributed by atoms with van der Waals surface area (Å²) < 4.78 is 41.3. The summed E-state index contributed by atoms with van der Waals surface area (Å²) in [4.78, 5) is 20.0. The molecule has 0 radical (unpaired) electrons. The van der Waals surface area contributed by atoms with Crippen molar-refractivity contribution >= 4 is 34.1 Å². The summed E-state index contributed by atoms with van der Waals surface area (Å²) in [6.07, 6.45) is -1.08. The van der Waals surface area contributed by atoms with Gasteiger partial charge in [-0.2, -0.15) is 13.2 Å². The number of nitrogens with one attached hydrogen (secondary N) is 2. The summed E-state index contributed by atoms with van der Waals surface area (Å²) >= 11 is 5.78. The average Bonchev–Trinajstić information content (AvgIpc) is 3.21. The lowest BCUT2D eigenvalue weighted by atomic mass is 10.0. The van der Waals surface area contributed by atoms with E-state index < -0.39 is 12.7 Å². The molecule has 0 spiro atoms. The number of alkyl halides is 3. The predicted octanol–water partition coefficient (Wildman–Crippen LogP) is 4.36. The van der Waals surface area contributed by atoms with Gasteiger partial charge in [0.25, 0.3) is 0 Å². The number of hydrogen-bond acceptors (Lipinski definition) is 5. The van der Waals surface area contributed by atoms with Crippen molar-refractivity contribution in [3.63, 3.8) is 0 Å². The Morgan fingerprint density at radius 1 is 1.18 bits per heavy atom. The molecule has 39 heavy (non-hydrogen) atoms. The fourth-order valence-corrected chi connectivity index (χ4v) is 4.72. The highest BCUT2D eigenvalue weighted by molar-refractivity contribution is 6.29. The van der Waals surface area contributed by atoms with Crippen LogP contribution < -0.4 is 10.6 Å². The quantitative estimate of drug-likeness (QED) is 0.317. The summed E-state index contributed by atoms with van der Waals surface area (Å²) in [6.45, 7) is 1.57. The zero-order valence-electron chi connectivity index (χ0n) is 22.0. The Morgan fingerprint density at radius 3 is 2.62 bits per heavy atom. The smallest absolute Gasteiger partial charge is 0.373 e. The number of carbonyl (C=O) groups is 1. The molecule has 1 saturated heterocycles. The Labute approximate surface area is 231 Å². The van der Waals surface area contributed by atoms with Crippen LogP contribution in [0, 0.1) is 11.8 Å². The lowest BCUT2D eigenvalue weighted by Gasteiger charge is -2.33. The van der Waals surface area contributed by atoms with Crippen molar-refractivity contribution in [3.05, 3.63) is 59.0 Å². The number of aromatic nitrogens is 2. The number of rotatable bonds is 8. The van der Waals surface area contributed by atoms with Crippen LogP contribution in [0.5, 0.6) is 0 Å². The molecular weight excluding hydrogens is 529 g/mol. The first kappa shape index (κ1) is 28.7. The van der Waals surface area contributed by atoms with Gasteiger partial charge >= 0.3 is 6.18 Å². The van der Waals surface area contributed by atoms with E-state index >= 15 is 0 Å². The lowest BCUT2D eigenvalue weighted by Crippen LogP contribution is -2.47. The Hall–Kier alpha value is -3.26. The fraction of sp³-hybridized carbons (Fsp3) is 0.429. The molecule has 0 atom stereocenters. The number of likely N-dealkylation sites (tertiary alicyclic amines) is 1. The molecule has 1 aromatic carbocycles. The third-order valence-electron chi connectivity index (χ3n) is 6.52. The van der Waals surface area contributed by atoms with Crippen molar-refractivity contribution in [2.24, 2.45) is 0 Å². The number of hydrogen-bond donors (Lipinski definition) is 2. The molecule has 0 aliphatic carbocycles. The number of likely N-dealkylation sites (N-methyl/N-ethyl adjacent to an activating group) is 1. The molecule has 4 rings (SSSR count). The Bertz CT molecular complexity index is 1340. The summed E-state index contributed by atoms with van der Waals surface area (Å²) in [5, 5.41) is 7.68. The van der Waals surface area contributed by atoms with Gasteiger partial charge in [-0.1, -0.05) is 23.6 Å². The normalized spacial score (nSPS) is 14.5. The molecule has 11 heteroatoms. The van der Waals surface area contributed by atoms with E-state index in [0.29, 0.717) is 40.5 Å². The second-order valence-electron chi connectivity index (χ2n) is 9.92. The summed E-state index contributed by atoms with van der Waals surface area (Å²) in [5.74, 6) is 5.93. The SMILES string of the molecule is CN(C)CC(=O)N1CCC(NCc2ccc3c(c2)cc(C#CCNc2ccc(Cl)nc2)n3CC(F)(F)F)CC1. The minimum absolute atomic E-state index is 0.143. The number of fused-ring (bicyclic) bond motifs is 1. The van der Waals surface area contributed by atoms with E-state index in [4.69, 9.17) is 11.6 Å². The zero-order chi connectivity index (χ0) is 28.0. The molecule has 1 aliphatic rings. The number of piperidine rings is 1. The zero-order valence-corrected chi connectivity index (χ0v) is 22.7. The topological polar surface area (TPSA) is 65.4 Å². The van der Waals surface area contributed by atoms with Gasteiger partial charge in [-0.15, -0.1) is 0 Å². The molecule has 0 saturated carbocycles. The molecule has 0 unspecified atom stereocenters. The van der Waals surface area contributed by atoms with E-state index in [1.807, 2.05) is 36.0 Å². The van der Waals surface area contributed by atoms with E-state index in [2.05, 4.69) is 27.5 Å². The maximum atomic E-state index is 13.4. The Morgan fingerprint density at radius 2 is 1.95 bits per heavy atom. The van der Waals surface area contributed by atoms with Crippen LogP contribution in [0.4, 0.5) is 18.9 Å². The number of amides is 1. The van der Waals surface area contributed by atoms with Crippen LogP contribution in [0.2, 0.25) is 5.15 Å². The molecule has 208 valence electrons. The first-order chi connectivity index (χ1) is 18.6. The molecule has 2 aromatic heterocycles.